The van der Waals surface area contributed by atoms with Crippen LogP contribution in [0.4, 0.5) is 0 Å². The SMILES string of the molecule is CC[Si](CC)(CC)O[C@H]1C(=O)N(C(=O)c2ccccc2)[C@@H]1c1ccccc1. The van der Waals surface area contributed by atoms with Crippen molar-refractivity contribution in [3.63, 3.8) is 0 Å². The zero-order chi connectivity index (χ0) is 19.4. The highest BCUT2D eigenvalue weighted by Gasteiger charge is 2.54. The van der Waals surface area contributed by atoms with Crippen molar-refractivity contribution in [2.45, 2.75) is 51.0 Å². The average Bonchev–Trinajstić information content (AvgIpc) is 2.74. The molecular formula is C22H27NO3Si. The molecule has 0 spiro atoms. The fourth-order valence-electron chi connectivity index (χ4n) is 3.77. The van der Waals surface area contributed by atoms with E-state index in [0.29, 0.717) is 5.56 Å². The summed E-state index contributed by atoms with van der Waals surface area (Å²) >= 11 is 0. The lowest BCUT2D eigenvalue weighted by molar-refractivity contribution is -0.158. The first-order valence-electron chi connectivity index (χ1n) is 9.72. The molecule has 2 aromatic rings. The summed E-state index contributed by atoms with van der Waals surface area (Å²) in [6, 6.07) is 21.3. The minimum atomic E-state index is -1.97. The van der Waals surface area contributed by atoms with Crippen LogP contribution in [-0.2, 0) is 9.22 Å². The van der Waals surface area contributed by atoms with E-state index in [1.54, 1.807) is 12.1 Å². The molecule has 0 radical (unpaired) electrons. The van der Waals surface area contributed by atoms with Crippen LogP contribution in [0.1, 0.15) is 42.7 Å². The smallest absolute Gasteiger partial charge is 0.261 e. The maximum atomic E-state index is 13.0. The Kier molecular flexibility index (Phi) is 5.92. The molecule has 2 amide bonds. The Morgan fingerprint density at radius 3 is 1.96 bits per heavy atom. The van der Waals surface area contributed by atoms with E-state index in [9.17, 15) is 9.59 Å². The number of likely N-dealkylation sites (tertiary alicyclic amines) is 1. The van der Waals surface area contributed by atoms with E-state index in [2.05, 4.69) is 20.8 Å². The predicted octanol–water partition coefficient (Wildman–Crippen LogP) is 4.80. The van der Waals surface area contributed by atoms with Crippen LogP contribution in [0.25, 0.3) is 0 Å². The molecule has 27 heavy (non-hydrogen) atoms. The van der Waals surface area contributed by atoms with E-state index in [0.717, 1.165) is 23.7 Å². The van der Waals surface area contributed by atoms with E-state index in [1.807, 2.05) is 48.5 Å². The van der Waals surface area contributed by atoms with Crippen molar-refractivity contribution in [1.82, 2.24) is 4.90 Å². The number of β-lactam (4-membered cyclic amide) rings is 1. The Hall–Kier alpha value is -2.24. The quantitative estimate of drug-likeness (QED) is 0.393. The molecule has 1 saturated heterocycles. The zero-order valence-electron chi connectivity index (χ0n) is 16.2. The lowest BCUT2D eigenvalue weighted by Crippen LogP contribution is -2.64. The summed E-state index contributed by atoms with van der Waals surface area (Å²) in [6.45, 7) is 6.44. The molecule has 4 nitrogen and oxygen atoms in total. The number of rotatable bonds is 7. The molecule has 2 atom stereocenters. The summed E-state index contributed by atoms with van der Waals surface area (Å²) in [5.74, 6) is -0.476. The first-order valence-corrected chi connectivity index (χ1v) is 12.2. The fraction of sp³-hybridized carbons (Fsp3) is 0.364. The van der Waals surface area contributed by atoms with Gasteiger partial charge in [-0.25, -0.2) is 0 Å². The van der Waals surface area contributed by atoms with Crippen LogP contribution in [0, 0.1) is 0 Å². The largest absolute Gasteiger partial charge is 0.403 e. The van der Waals surface area contributed by atoms with Crippen molar-refractivity contribution in [2.24, 2.45) is 0 Å². The van der Waals surface area contributed by atoms with E-state index < -0.39 is 14.4 Å². The Morgan fingerprint density at radius 2 is 1.44 bits per heavy atom. The number of amides is 2. The topological polar surface area (TPSA) is 46.6 Å². The molecular weight excluding hydrogens is 354 g/mol. The van der Waals surface area contributed by atoms with E-state index >= 15 is 0 Å². The van der Waals surface area contributed by atoms with Crippen molar-refractivity contribution in [3.05, 3.63) is 71.8 Å². The average molecular weight is 382 g/mol. The molecule has 142 valence electrons. The number of nitrogens with zero attached hydrogens (tertiary/aromatic N) is 1. The van der Waals surface area contributed by atoms with Gasteiger partial charge >= 0.3 is 0 Å². The molecule has 3 rings (SSSR count). The molecule has 0 saturated carbocycles. The van der Waals surface area contributed by atoms with Crippen molar-refractivity contribution in [3.8, 4) is 0 Å². The van der Waals surface area contributed by atoms with Gasteiger partial charge in [0.25, 0.3) is 11.8 Å². The zero-order valence-corrected chi connectivity index (χ0v) is 17.2. The minimum Gasteiger partial charge on any atom is -0.403 e. The van der Waals surface area contributed by atoms with Gasteiger partial charge in [0.05, 0.1) is 6.04 Å². The highest BCUT2D eigenvalue weighted by molar-refractivity contribution is 6.73. The molecule has 0 N–H and O–H groups in total. The van der Waals surface area contributed by atoms with Gasteiger partial charge in [0.1, 0.15) is 0 Å². The Balaban J connectivity index is 1.94. The summed E-state index contributed by atoms with van der Waals surface area (Å²) in [7, 11) is -1.97. The molecule has 0 aromatic heterocycles. The molecule has 2 aromatic carbocycles. The lowest BCUT2D eigenvalue weighted by Gasteiger charge is -2.48. The van der Waals surface area contributed by atoms with Crippen LogP contribution in [-0.4, -0.2) is 31.1 Å². The summed E-state index contributed by atoms with van der Waals surface area (Å²) in [5, 5.41) is 0. The van der Waals surface area contributed by atoms with Crippen LogP contribution in [0.2, 0.25) is 18.1 Å². The summed E-state index contributed by atoms with van der Waals surface area (Å²) < 4.78 is 6.51. The minimum absolute atomic E-state index is 0.218. The third-order valence-corrected chi connectivity index (χ3v) is 10.4. The second kappa shape index (κ2) is 8.19. The van der Waals surface area contributed by atoms with Crippen molar-refractivity contribution >= 4 is 20.1 Å². The summed E-state index contributed by atoms with van der Waals surface area (Å²) in [4.78, 5) is 27.4. The van der Waals surface area contributed by atoms with Gasteiger partial charge in [0.2, 0.25) is 0 Å². The van der Waals surface area contributed by atoms with E-state index in [-0.39, 0.29) is 17.9 Å². The molecule has 1 aliphatic rings. The second-order valence-corrected chi connectivity index (χ2v) is 11.7. The van der Waals surface area contributed by atoms with Crippen LogP contribution >= 0.6 is 0 Å². The van der Waals surface area contributed by atoms with Crippen LogP contribution in [0.3, 0.4) is 0 Å². The number of hydrogen-bond acceptors (Lipinski definition) is 3. The maximum Gasteiger partial charge on any atom is 0.261 e. The predicted molar refractivity (Wildman–Crippen MR) is 109 cm³/mol. The van der Waals surface area contributed by atoms with Crippen LogP contribution < -0.4 is 0 Å². The van der Waals surface area contributed by atoms with Crippen molar-refractivity contribution < 1.29 is 14.0 Å². The molecule has 0 aliphatic carbocycles. The summed E-state index contributed by atoms with van der Waals surface area (Å²) in [6.07, 6.45) is -0.563. The van der Waals surface area contributed by atoms with Crippen LogP contribution in [0.5, 0.6) is 0 Å². The van der Waals surface area contributed by atoms with Crippen molar-refractivity contribution in [2.75, 3.05) is 0 Å². The molecule has 5 heteroatoms. The van der Waals surface area contributed by atoms with Gasteiger partial charge in [0.15, 0.2) is 14.4 Å². The maximum absolute atomic E-state index is 13.0. The Bertz CT molecular complexity index is 781. The highest BCUT2D eigenvalue weighted by atomic mass is 28.4. The van der Waals surface area contributed by atoms with Crippen molar-refractivity contribution in [1.29, 1.82) is 0 Å². The fourth-order valence-corrected chi connectivity index (χ4v) is 6.54. The first kappa shape index (κ1) is 19.5. The molecule has 0 bridgehead atoms. The van der Waals surface area contributed by atoms with Gasteiger partial charge < -0.3 is 4.43 Å². The second-order valence-electron chi connectivity index (χ2n) is 7.02. The monoisotopic (exact) mass is 381 g/mol. The normalized spacial score (nSPS) is 19.7. The molecule has 0 unspecified atom stereocenters. The Labute approximate surface area is 162 Å². The van der Waals surface area contributed by atoms with Gasteiger partial charge in [-0.1, -0.05) is 69.3 Å². The number of carbonyl (C=O) groups is 2. The molecule has 1 fully saturated rings. The van der Waals surface area contributed by atoms with Gasteiger partial charge in [-0.15, -0.1) is 0 Å². The standard InChI is InChI=1S/C22H27NO3Si/c1-4-27(5-2,6-3)26-20-19(17-13-9-7-10-14-17)23(22(20)25)21(24)18-15-11-8-12-16-18/h7-16,19-20H,4-6H2,1-3H3/t19-,20-/m1/s1. The number of imide groups is 1. The van der Waals surface area contributed by atoms with E-state index in [4.69, 9.17) is 4.43 Å². The number of benzene rings is 2. The lowest BCUT2D eigenvalue weighted by atomic mass is 9.90. The van der Waals surface area contributed by atoms with Gasteiger partial charge in [-0.2, -0.15) is 0 Å². The van der Waals surface area contributed by atoms with E-state index in [1.165, 1.54) is 4.90 Å². The van der Waals surface area contributed by atoms with Gasteiger partial charge in [-0.05, 0) is 35.8 Å². The Morgan fingerprint density at radius 1 is 0.926 bits per heavy atom. The number of carbonyl (C=O) groups excluding carboxylic acids is 2. The number of hydrogen-bond donors (Lipinski definition) is 0. The summed E-state index contributed by atoms with van der Waals surface area (Å²) in [5.41, 5.74) is 1.47. The van der Waals surface area contributed by atoms with Gasteiger partial charge in [-0.3, -0.25) is 14.5 Å². The first-order chi connectivity index (χ1) is 13.1. The third kappa shape index (κ3) is 3.62. The van der Waals surface area contributed by atoms with Crippen LogP contribution in [0.15, 0.2) is 60.7 Å². The third-order valence-electron chi connectivity index (χ3n) is 5.74. The van der Waals surface area contributed by atoms with Gasteiger partial charge in [0, 0.05) is 5.56 Å². The highest BCUT2D eigenvalue weighted by Crippen LogP contribution is 2.41. The molecule has 1 heterocycles. The molecule has 1 aliphatic heterocycles.